The fourth-order valence-electron chi connectivity index (χ4n) is 3.96. The zero-order valence-corrected chi connectivity index (χ0v) is 18.7. The predicted octanol–water partition coefficient (Wildman–Crippen LogP) is 5.30. The van der Waals surface area contributed by atoms with Gasteiger partial charge in [-0.25, -0.2) is 9.97 Å². The Kier molecular flexibility index (Phi) is 6.45. The minimum atomic E-state index is -0.185. The van der Waals surface area contributed by atoms with Crippen molar-refractivity contribution in [2.24, 2.45) is 0 Å². The van der Waals surface area contributed by atoms with Gasteiger partial charge in [-0.15, -0.1) is 0 Å². The van der Waals surface area contributed by atoms with Gasteiger partial charge in [0.05, 0.1) is 24.2 Å². The highest BCUT2D eigenvalue weighted by molar-refractivity contribution is 6.05. The number of aromatic nitrogens is 2. The van der Waals surface area contributed by atoms with Crippen molar-refractivity contribution < 1.29 is 9.53 Å². The van der Waals surface area contributed by atoms with Crippen molar-refractivity contribution in [3.05, 3.63) is 94.8 Å². The normalized spacial score (nSPS) is 12.9. The number of carbonyl (C=O) groups excluding carboxylic acids is 1. The second-order valence-electron chi connectivity index (χ2n) is 7.70. The topological polar surface area (TPSA) is 64.1 Å². The van der Waals surface area contributed by atoms with Crippen molar-refractivity contribution in [3.8, 4) is 17.0 Å². The number of nitrogens with one attached hydrogen (secondary N) is 1. The van der Waals surface area contributed by atoms with Crippen LogP contribution in [0.2, 0.25) is 0 Å². The van der Waals surface area contributed by atoms with Gasteiger partial charge >= 0.3 is 0 Å². The number of amides is 1. The maximum absolute atomic E-state index is 12.9. The molecule has 2 aromatic carbocycles. The van der Waals surface area contributed by atoms with Crippen LogP contribution in [-0.2, 0) is 24.1 Å². The molecule has 0 bridgehead atoms. The van der Waals surface area contributed by atoms with Gasteiger partial charge in [-0.3, -0.25) is 4.79 Å². The number of methoxy groups -OCH3 is 1. The van der Waals surface area contributed by atoms with E-state index >= 15 is 0 Å². The Balaban J connectivity index is 1.78. The third kappa shape index (κ3) is 4.47. The summed E-state index contributed by atoms with van der Waals surface area (Å²) in [7, 11) is 1.68. The minimum absolute atomic E-state index is 0.185. The predicted molar refractivity (Wildman–Crippen MR) is 128 cm³/mol. The van der Waals surface area contributed by atoms with Gasteiger partial charge in [0.2, 0.25) is 0 Å². The van der Waals surface area contributed by atoms with E-state index in [2.05, 4.69) is 29.6 Å². The lowest BCUT2D eigenvalue weighted by Crippen LogP contribution is -2.19. The third-order valence-electron chi connectivity index (χ3n) is 5.60. The Hall–Kier alpha value is -3.73. The average Bonchev–Trinajstić information content (AvgIpc) is 2.83. The molecule has 0 spiro atoms. The van der Waals surface area contributed by atoms with Crippen LogP contribution in [0.3, 0.4) is 0 Å². The van der Waals surface area contributed by atoms with Gasteiger partial charge < -0.3 is 10.1 Å². The van der Waals surface area contributed by atoms with Gasteiger partial charge in [-0.05, 0) is 56.0 Å². The molecule has 1 aliphatic carbocycles. The van der Waals surface area contributed by atoms with Gasteiger partial charge in [0.1, 0.15) is 5.75 Å². The molecule has 1 aliphatic rings. The quantitative estimate of drug-likeness (QED) is 0.430. The second kappa shape index (κ2) is 9.60. The van der Waals surface area contributed by atoms with E-state index in [1.807, 2.05) is 44.2 Å². The zero-order chi connectivity index (χ0) is 22.5. The van der Waals surface area contributed by atoms with Crippen molar-refractivity contribution in [1.29, 1.82) is 0 Å². The third-order valence-corrected chi connectivity index (χ3v) is 5.60. The summed E-state index contributed by atoms with van der Waals surface area (Å²) in [6.07, 6.45) is 7.64. The number of rotatable bonds is 6. The summed E-state index contributed by atoms with van der Waals surface area (Å²) in [5.41, 5.74) is 6.54. The number of benzene rings is 2. The summed E-state index contributed by atoms with van der Waals surface area (Å²) >= 11 is 0. The van der Waals surface area contributed by atoms with Crippen LogP contribution in [0.4, 0.5) is 5.82 Å². The Morgan fingerprint density at radius 2 is 1.91 bits per heavy atom. The summed E-state index contributed by atoms with van der Waals surface area (Å²) < 4.78 is 5.39. The molecule has 5 nitrogen and oxygen atoms in total. The van der Waals surface area contributed by atoms with Crippen LogP contribution < -0.4 is 10.1 Å². The molecule has 162 valence electrons. The monoisotopic (exact) mass is 425 g/mol. The molecule has 0 unspecified atom stereocenters. The van der Waals surface area contributed by atoms with Crippen LogP contribution in [-0.4, -0.2) is 23.0 Å². The molecular weight excluding hydrogens is 398 g/mol. The van der Waals surface area contributed by atoms with E-state index in [-0.39, 0.29) is 5.91 Å². The van der Waals surface area contributed by atoms with E-state index in [0.717, 1.165) is 46.8 Å². The van der Waals surface area contributed by atoms with E-state index in [1.54, 1.807) is 19.3 Å². The van der Waals surface area contributed by atoms with Crippen LogP contribution in [0.5, 0.6) is 5.75 Å². The lowest BCUT2D eigenvalue weighted by molar-refractivity contribution is -0.112. The summed E-state index contributed by atoms with van der Waals surface area (Å²) in [4.78, 5) is 22.8. The molecule has 0 saturated heterocycles. The fraction of sp³-hybridized carbons (Fsp3) is 0.222. The lowest BCUT2D eigenvalue weighted by Gasteiger charge is -2.21. The summed E-state index contributed by atoms with van der Waals surface area (Å²) in [5, 5.41) is 3.01. The summed E-state index contributed by atoms with van der Waals surface area (Å²) in [6, 6.07) is 16.2. The zero-order valence-electron chi connectivity index (χ0n) is 18.7. The highest BCUT2D eigenvalue weighted by Gasteiger charge is 2.23. The minimum Gasteiger partial charge on any atom is -0.497 e. The molecule has 1 amide bonds. The van der Waals surface area contributed by atoms with Gasteiger partial charge in [-0.2, -0.15) is 0 Å². The molecule has 0 aliphatic heterocycles. The molecular formula is C27H27N3O2. The Bertz CT molecular complexity index is 1200. The van der Waals surface area contributed by atoms with Gasteiger partial charge in [-0.1, -0.05) is 48.6 Å². The lowest BCUT2D eigenvalue weighted by atomic mass is 9.91. The number of allylic oxidation sites excluding steroid dienone is 2. The number of hydrogen-bond acceptors (Lipinski definition) is 4. The average molecular weight is 426 g/mol. The Labute approximate surface area is 188 Å². The van der Waals surface area contributed by atoms with Gasteiger partial charge in [0, 0.05) is 17.6 Å². The molecule has 1 heterocycles. The van der Waals surface area contributed by atoms with Crippen molar-refractivity contribution >= 4 is 11.7 Å². The van der Waals surface area contributed by atoms with Crippen molar-refractivity contribution in [2.75, 3.05) is 12.4 Å². The van der Waals surface area contributed by atoms with Crippen LogP contribution >= 0.6 is 0 Å². The van der Waals surface area contributed by atoms with Crippen LogP contribution in [0.15, 0.2) is 72.3 Å². The molecule has 4 rings (SSSR count). The molecule has 0 radical (unpaired) electrons. The molecule has 5 heteroatoms. The van der Waals surface area contributed by atoms with E-state index in [1.165, 1.54) is 5.56 Å². The van der Waals surface area contributed by atoms with Gasteiger partial charge in [0.25, 0.3) is 5.91 Å². The Morgan fingerprint density at radius 1 is 1.09 bits per heavy atom. The number of nitrogens with zero attached hydrogens (tertiary/aromatic N) is 2. The smallest absolute Gasteiger partial charge is 0.256 e. The Morgan fingerprint density at radius 3 is 2.62 bits per heavy atom. The molecule has 1 N–H and O–H groups in total. The molecule has 3 aromatic rings. The standard InChI is InChI=1S/C27H27N3O2/c1-4-9-19(5-2)27(31)30-26-24(16-18-10-7-6-8-11-18)28-25-22-14-13-21(32-3)17-20(22)12-15-23(25)29-26/h4-11,13-14,17H,12,15-16H2,1-3H3,(H,29,30,31)/b9-4-,19-5+. The van der Waals surface area contributed by atoms with Crippen molar-refractivity contribution in [2.45, 2.75) is 33.1 Å². The number of hydrogen-bond donors (Lipinski definition) is 1. The maximum atomic E-state index is 12.9. The first-order valence-corrected chi connectivity index (χ1v) is 10.8. The first kappa shape index (κ1) is 21.5. The van der Waals surface area contributed by atoms with E-state index < -0.39 is 0 Å². The molecule has 1 aromatic heterocycles. The molecule has 0 saturated carbocycles. The number of anilines is 1. The largest absolute Gasteiger partial charge is 0.497 e. The number of ether oxygens (including phenoxy) is 1. The second-order valence-corrected chi connectivity index (χ2v) is 7.70. The van der Waals surface area contributed by atoms with Gasteiger partial charge in [0.15, 0.2) is 5.82 Å². The van der Waals surface area contributed by atoms with E-state index in [0.29, 0.717) is 17.8 Å². The first-order valence-electron chi connectivity index (χ1n) is 10.8. The van der Waals surface area contributed by atoms with Crippen LogP contribution in [0.1, 0.15) is 36.4 Å². The SMILES string of the molecule is C/C=C\C(=C/C)C(=O)Nc1nc2c(nc1Cc1ccccc1)-c1ccc(OC)cc1CC2. The number of aryl methyl sites for hydroxylation is 2. The van der Waals surface area contributed by atoms with Crippen LogP contribution in [0, 0.1) is 0 Å². The highest BCUT2D eigenvalue weighted by atomic mass is 16.5. The molecule has 0 fully saturated rings. The molecule has 32 heavy (non-hydrogen) atoms. The van der Waals surface area contributed by atoms with Crippen molar-refractivity contribution in [3.63, 3.8) is 0 Å². The molecule has 0 atom stereocenters. The first-order chi connectivity index (χ1) is 15.6. The number of carbonyl (C=O) groups is 1. The maximum Gasteiger partial charge on any atom is 0.256 e. The summed E-state index contributed by atoms with van der Waals surface area (Å²) in [6.45, 7) is 3.74. The summed E-state index contributed by atoms with van der Waals surface area (Å²) in [5.74, 6) is 1.19. The van der Waals surface area contributed by atoms with E-state index in [9.17, 15) is 4.79 Å². The highest BCUT2D eigenvalue weighted by Crippen LogP contribution is 2.35. The fourth-order valence-corrected chi connectivity index (χ4v) is 3.96. The number of fused-ring (bicyclic) bond motifs is 3. The van der Waals surface area contributed by atoms with E-state index in [4.69, 9.17) is 14.7 Å². The van der Waals surface area contributed by atoms with Crippen molar-refractivity contribution in [1.82, 2.24) is 9.97 Å². The van der Waals surface area contributed by atoms with Crippen LogP contribution in [0.25, 0.3) is 11.3 Å².